The van der Waals surface area contributed by atoms with Crippen molar-refractivity contribution in [1.29, 1.82) is 0 Å². The Kier molecular flexibility index (Phi) is 3.83. The molecule has 0 aliphatic rings. The maximum atomic E-state index is 14.1. The number of halogens is 4. The molecule has 1 heterocycles. The molecule has 1 aromatic heterocycles. The molecule has 0 spiro atoms. The second kappa shape index (κ2) is 5.26. The highest BCUT2D eigenvalue weighted by Gasteiger charge is 2.22. The van der Waals surface area contributed by atoms with Crippen molar-refractivity contribution in [2.75, 3.05) is 0 Å². The number of hydrogen-bond acceptors (Lipinski definition) is 1. The zero-order chi connectivity index (χ0) is 15.0. The van der Waals surface area contributed by atoms with Gasteiger partial charge in [-0.2, -0.15) is 5.10 Å². The normalized spacial score (nSPS) is 11.7. The van der Waals surface area contributed by atoms with Crippen molar-refractivity contribution in [1.82, 2.24) is 9.78 Å². The summed E-state index contributed by atoms with van der Waals surface area (Å²) in [7, 11) is 1.45. The Morgan fingerprint density at radius 3 is 2.25 bits per heavy atom. The monoisotopic (exact) mass is 286 g/mol. The van der Waals surface area contributed by atoms with Gasteiger partial charge in [0.05, 0.1) is 0 Å². The van der Waals surface area contributed by atoms with Crippen LogP contribution in [-0.4, -0.2) is 9.78 Å². The molecule has 2 rings (SSSR count). The number of benzene rings is 1. The molecule has 2 aromatic rings. The quantitative estimate of drug-likeness (QED) is 0.763. The van der Waals surface area contributed by atoms with Crippen molar-refractivity contribution in [3.05, 3.63) is 41.2 Å². The van der Waals surface area contributed by atoms with Gasteiger partial charge in [0.15, 0.2) is 0 Å². The molecule has 2 nitrogen and oxygen atoms in total. The van der Waals surface area contributed by atoms with E-state index in [2.05, 4.69) is 5.10 Å². The van der Waals surface area contributed by atoms with Crippen LogP contribution in [0, 0.1) is 11.6 Å². The van der Waals surface area contributed by atoms with E-state index in [1.807, 2.05) is 0 Å². The molecule has 0 amide bonds. The zero-order valence-electron chi connectivity index (χ0n) is 11.3. The molecule has 0 saturated carbocycles. The predicted octanol–water partition coefficient (Wildman–Crippen LogP) is 4.43. The Bertz CT molecular complexity index is 632. The van der Waals surface area contributed by atoms with Gasteiger partial charge in [-0.3, -0.25) is 4.68 Å². The number of alkyl halides is 2. The van der Waals surface area contributed by atoms with Gasteiger partial charge < -0.3 is 0 Å². The summed E-state index contributed by atoms with van der Waals surface area (Å²) in [4.78, 5) is 0. The summed E-state index contributed by atoms with van der Waals surface area (Å²) in [5.74, 6) is -1.53. The van der Waals surface area contributed by atoms with Gasteiger partial charge in [-0.05, 0) is 23.6 Å². The van der Waals surface area contributed by atoms with Crippen LogP contribution >= 0.6 is 0 Å². The predicted molar refractivity (Wildman–Crippen MR) is 67.6 cm³/mol. The molecule has 0 fully saturated rings. The molecule has 0 saturated heterocycles. The van der Waals surface area contributed by atoms with Crippen molar-refractivity contribution in [3.63, 3.8) is 0 Å². The Morgan fingerprint density at radius 1 is 1.05 bits per heavy atom. The lowest BCUT2D eigenvalue weighted by molar-refractivity contribution is 0.146. The summed E-state index contributed by atoms with van der Waals surface area (Å²) in [5.41, 5.74) is -0.624. The van der Waals surface area contributed by atoms with Crippen LogP contribution in [0.15, 0.2) is 18.3 Å². The minimum atomic E-state index is -2.85. The van der Waals surface area contributed by atoms with Crippen LogP contribution in [0.3, 0.4) is 0 Å². The number of hydrogen-bond donors (Lipinski definition) is 0. The molecule has 0 aliphatic carbocycles. The Hall–Kier alpha value is -1.85. The summed E-state index contributed by atoms with van der Waals surface area (Å²) in [6, 6.07) is 2.01. The smallest absolute Gasteiger partial charge is 0.275 e. The molecule has 20 heavy (non-hydrogen) atoms. The van der Waals surface area contributed by atoms with E-state index < -0.39 is 23.8 Å². The Morgan fingerprint density at radius 2 is 1.70 bits per heavy atom. The van der Waals surface area contributed by atoms with Crippen LogP contribution in [0.1, 0.15) is 37.4 Å². The largest absolute Gasteiger partial charge is 0.282 e. The van der Waals surface area contributed by atoms with Crippen LogP contribution in [-0.2, 0) is 7.05 Å². The molecular weight excluding hydrogens is 272 g/mol. The van der Waals surface area contributed by atoms with E-state index in [4.69, 9.17) is 0 Å². The van der Waals surface area contributed by atoms with E-state index in [9.17, 15) is 17.6 Å². The molecule has 6 heteroatoms. The molecule has 108 valence electrons. The van der Waals surface area contributed by atoms with Crippen molar-refractivity contribution < 1.29 is 17.6 Å². The summed E-state index contributed by atoms with van der Waals surface area (Å²) in [6.07, 6.45) is -1.59. The highest BCUT2D eigenvalue weighted by atomic mass is 19.3. The van der Waals surface area contributed by atoms with Gasteiger partial charge in [0.1, 0.15) is 17.3 Å². The first-order valence-corrected chi connectivity index (χ1v) is 6.12. The number of aryl methyl sites for hydroxylation is 1. The molecule has 0 unspecified atom stereocenters. The number of rotatable bonds is 3. The maximum Gasteiger partial charge on any atom is 0.282 e. The third kappa shape index (κ3) is 2.55. The van der Waals surface area contributed by atoms with E-state index in [0.717, 1.165) is 16.8 Å². The molecule has 0 atom stereocenters. The highest BCUT2D eigenvalue weighted by Crippen LogP contribution is 2.34. The fourth-order valence-electron chi connectivity index (χ4n) is 2.09. The summed E-state index contributed by atoms with van der Waals surface area (Å²) in [5, 5.41) is 3.59. The van der Waals surface area contributed by atoms with Gasteiger partial charge in [-0.15, -0.1) is 0 Å². The number of nitrogens with zero attached hydrogens (tertiary/aromatic N) is 2. The van der Waals surface area contributed by atoms with Crippen molar-refractivity contribution in [2.45, 2.75) is 26.2 Å². The van der Waals surface area contributed by atoms with Crippen molar-refractivity contribution in [2.24, 2.45) is 7.05 Å². The van der Waals surface area contributed by atoms with Gasteiger partial charge in [0.25, 0.3) is 6.43 Å². The zero-order valence-corrected chi connectivity index (χ0v) is 11.3. The lowest BCUT2D eigenvalue weighted by atomic mass is 9.97. The van der Waals surface area contributed by atoms with Gasteiger partial charge >= 0.3 is 0 Å². The van der Waals surface area contributed by atoms with Gasteiger partial charge in [-0.25, -0.2) is 17.6 Å². The first-order valence-electron chi connectivity index (χ1n) is 6.12. The standard InChI is InChI=1S/C14H14F4N2/c1-7(2)8-4-12(16)9(5-11(8)15)10-6-20(3)19-13(10)14(17)18/h4-7,14H,1-3H3. The van der Waals surface area contributed by atoms with E-state index in [1.165, 1.54) is 13.2 Å². The minimum Gasteiger partial charge on any atom is -0.275 e. The minimum absolute atomic E-state index is 0.0887. The lowest BCUT2D eigenvalue weighted by Crippen LogP contribution is -1.98. The van der Waals surface area contributed by atoms with Crippen LogP contribution in [0.25, 0.3) is 11.1 Å². The molecular formula is C14H14F4N2. The molecule has 1 aromatic carbocycles. The first-order chi connectivity index (χ1) is 9.31. The SMILES string of the molecule is CC(C)c1cc(F)c(-c2cn(C)nc2C(F)F)cc1F. The fourth-order valence-corrected chi connectivity index (χ4v) is 2.09. The topological polar surface area (TPSA) is 17.8 Å². The first kappa shape index (κ1) is 14.6. The van der Waals surface area contributed by atoms with Crippen LogP contribution < -0.4 is 0 Å². The van der Waals surface area contributed by atoms with Crippen molar-refractivity contribution in [3.8, 4) is 11.1 Å². The Balaban J connectivity index is 2.62. The fraction of sp³-hybridized carbons (Fsp3) is 0.357. The van der Waals surface area contributed by atoms with E-state index in [-0.39, 0.29) is 22.6 Å². The van der Waals surface area contributed by atoms with Crippen LogP contribution in [0.5, 0.6) is 0 Å². The molecule has 0 aliphatic heterocycles. The third-order valence-electron chi connectivity index (χ3n) is 3.06. The second-order valence-electron chi connectivity index (χ2n) is 4.91. The summed E-state index contributed by atoms with van der Waals surface area (Å²) < 4.78 is 54.9. The highest BCUT2D eigenvalue weighted by molar-refractivity contribution is 5.67. The summed E-state index contributed by atoms with van der Waals surface area (Å²) >= 11 is 0. The third-order valence-corrected chi connectivity index (χ3v) is 3.06. The molecule has 0 N–H and O–H groups in total. The van der Waals surface area contributed by atoms with Gasteiger partial charge in [-0.1, -0.05) is 13.8 Å². The number of aromatic nitrogens is 2. The van der Waals surface area contributed by atoms with Crippen LogP contribution in [0.4, 0.5) is 17.6 Å². The van der Waals surface area contributed by atoms with Crippen LogP contribution in [0.2, 0.25) is 0 Å². The second-order valence-corrected chi connectivity index (χ2v) is 4.91. The lowest BCUT2D eigenvalue weighted by Gasteiger charge is -2.10. The van der Waals surface area contributed by atoms with Crippen molar-refractivity contribution >= 4 is 0 Å². The van der Waals surface area contributed by atoms with E-state index in [0.29, 0.717) is 0 Å². The Labute approximate surface area is 114 Å². The average molecular weight is 286 g/mol. The van der Waals surface area contributed by atoms with E-state index in [1.54, 1.807) is 13.8 Å². The summed E-state index contributed by atoms with van der Waals surface area (Å²) in [6.45, 7) is 3.46. The molecule has 0 bridgehead atoms. The maximum absolute atomic E-state index is 14.1. The van der Waals surface area contributed by atoms with E-state index >= 15 is 0 Å². The average Bonchev–Trinajstić information content (AvgIpc) is 2.73. The van der Waals surface area contributed by atoms with Gasteiger partial charge in [0.2, 0.25) is 0 Å². The van der Waals surface area contributed by atoms with Gasteiger partial charge in [0, 0.05) is 24.4 Å². The molecule has 0 radical (unpaired) electrons.